The van der Waals surface area contributed by atoms with E-state index in [0.29, 0.717) is 6.04 Å². The maximum Gasteiger partial charge on any atom is 0.126 e. The third-order valence-corrected chi connectivity index (χ3v) is 4.57. The number of rotatable bonds is 3. The molecule has 0 bridgehead atoms. The minimum Gasteiger partial charge on any atom is -0.369 e. The summed E-state index contributed by atoms with van der Waals surface area (Å²) >= 11 is 0. The van der Waals surface area contributed by atoms with Crippen molar-refractivity contribution >= 4 is 5.69 Å². The molecule has 0 saturated carbocycles. The van der Waals surface area contributed by atoms with Crippen molar-refractivity contribution in [3.05, 3.63) is 29.1 Å². The summed E-state index contributed by atoms with van der Waals surface area (Å²) in [4.78, 5) is 2.47. The van der Waals surface area contributed by atoms with Crippen molar-refractivity contribution < 1.29 is 4.39 Å². The average Bonchev–Trinajstić information content (AvgIpc) is 2.65. The van der Waals surface area contributed by atoms with Crippen LogP contribution in [0.3, 0.4) is 0 Å². The third-order valence-electron chi connectivity index (χ3n) is 4.57. The van der Waals surface area contributed by atoms with Gasteiger partial charge in [0.25, 0.3) is 0 Å². The average molecular weight is 278 g/mol. The zero-order valence-electron chi connectivity index (χ0n) is 13.2. The van der Waals surface area contributed by atoms with Gasteiger partial charge in [0.15, 0.2) is 0 Å². The Hall–Kier alpha value is -1.09. The van der Waals surface area contributed by atoms with Gasteiger partial charge >= 0.3 is 0 Å². The molecule has 2 rings (SSSR count). The van der Waals surface area contributed by atoms with Gasteiger partial charge in [0.05, 0.1) is 0 Å². The van der Waals surface area contributed by atoms with Crippen LogP contribution in [0.15, 0.2) is 12.1 Å². The zero-order valence-corrected chi connectivity index (χ0v) is 13.2. The van der Waals surface area contributed by atoms with E-state index in [1.807, 2.05) is 20.0 Å². The fourth-order valence-electron chi connectivity index (χ4n) is 3.07. The summed E-state index contributed by atoms with van der Waals surface area (Å²) in [6.45, 7) is 7.32. The summed E-state index contributed by atoms with van der Waals surface area (Å²) in [6.07, 6.45) is 5.06. The minimum absolute atomic E-state index is 0.103. The quantitative estimate of drug-likeness (QED) is 0.892. The molecule has 1 fully saturated rings. The highest BCUT2D eigenvalue weighted by Crippen LogP contribution is 2.32. The van der Waals surface area contributed by atoms with Crippen molar-refractivity contribution in [2.45, 2.75) is 58.5 Å². The van der Waals surface area contributed by atoms with Crippen LogP contribution in [0.1, 0.15) is 56.7 Å². The van der Waals surface area contributed by atoms with Crippen molar-refractivity contribution in [2.75, 3.05) is 18.5 Å². The van der Waals surface area contributed by atoms with E-state index in [-0.39, 0.29) is 11.9 Å². The predicted molar refractivity (Wildman–Crippen MR) is 83.9 cm³/mol. The molecule has 112 valence electrons. The molecule has 0 radical (unpaired) electrons. The van der Waals surface area contributed by atoms with Crippen LogP contribution in [0, 0.1) is 12.7 Å². The van der Waals surface area contributed by atoms with Crippen LogP contribution >= 0.6 is 0 Å². The van der Waals surface area contributed by atoms with Gasteiger partial charge in [-0.05, 0) is 63.9 Å². The van der Waals surface area contributed by atoms with E-state index in [9.17, 15) is 4.39 Å². The van der Waals surface area contributed by atoms with E-state index < -0.39 is 0 Å². The van der Waals surface area contributed by atoms with E-state index in [0.717, 1.165) is 17.7 Å². The number of hydrogen-bond donors (Lipinski definition) is 1. The van der Waals surface area contributed by atoms with Gasteiger partial charge in [-0.1, -0.05) is 12.8 Å². The van der Waals surface area contributed by atoms with E-state index in [4.69, 9.17) is 0 Å². The van der Waals surface area contributed by atoms with Crippen LogP contribution < -0.4 is 10.2 Å². The highest BCUT2D eigenvalue weighted by molar-refractivity contribution is 5.58. The molecule has 1 heterocycles. The molecular formula is C17H27FN2. The first kappa shape index (κ1) is 15.3. The number of nitrogens with one attached hydrogen (secondary N) is 1. The highest BCUT2D eigenvalue weighted by atomic mass is 19.1. The highest BCUT2D eigenvalue weighted by Gasteiger charge is 2.22. The molecule has 1 aliphatic heterocycles. The first-order chi connectivity index (χ1) is 9.54. The number of hydrogen-bond acceptors (Lipinski definition) is 2. The summed E-state index contributed by atoms with van der Waals surface area (Å²) in [7, 11) is 1.93. The van der Waals surface area contributed by atoms with E-state index in [1.54, 1.807) is 6.07 Å². The standard InChI is InChI=1S/C17H27FN2/c1-12-10-17(15(11-16(12)18)14(3)19-4)20-9-7-5-6-8-13(20)2/h10-11,13-14,19H,5-9H2,1-4H3. The summed E-state index contributed by atoms with van der Waals surface area (Å²) in [5.74, 6) is -0.103. The van der Waals surface area contributed by atoms with Gasteiger partial charge in [-0.15, -0.1) is 0 Å². The van der Waals surface area contributed by atoms with Crippen LogP contribution in [0.2, 0.25) is 0 Å². The molecule has 2 unspecified atom stereocenters. The van der Waals surface area contributed by atoms with Crippen LogP contribution in [-0.2, 0) is 0 Å². The van der Waals surface area contributed by atoms with Gasteiger partial charge < -0.3 is 10.2 Å². The summed E-state index contributed by atoms with van der Waals surface area (Å²) < 4.78 is 14.0. The van der Waals surface area contributed by atoms with Crippen LogP contribution in [0.4, 0.5) is 10.1 Å². The molecular weight excluding hydrogens is 251 g/mol. The molecule has 2 atom stereocenters. The van der Waals surface area contributed by atoms with E-state index in [2.05, 4.69) is 24.1 Å². The Morgan fingerprint density at radius 1 is 1.30 bits per heavy atom. The topological polar surface area (TPSA) is 15.3 Å². The molecule has 20 heavy (non-hydrogen) atoms. The predicted octanol–water partition coefficient (Wildman–Crippen LogP) is 4.18. The second-order valence-electron chi connectivity index (χ2n) is 6.06. The monoisotopic (exact) mass is 278 g/mol. The molecule has 0 spiro atoms. The van der Waals surface area contributed by atoms with E-state index >= 15 is 0 Å². The largest absolute Gasteiger partial charge is 0.369 e. The fourth-order valence-corrected chi connectivity index (χ4v) is 3.07. The van der Waals surface area contributed by atoms with Crippen molar-refractivity contribution in [3.8, 4) is 0 Å². The van der Waals surface area contributed by atoms with Crippen molar-refractivity contribution in [1.82, 2.24) is 5.32 Å². The van der Waals surface area contributed by atoms with E-state index in [1.165, 1.54) is 31.4 Å². The van der Waals surface area contributed by atoms with Gasteiger partial charge in [0.2, 0.25) is 0 Å². The van der Waals surface area contributed by atoms with Gasteiger partial charge in [0, 0.05) is 24.3 Å². The molecule has 0 amide bonds. The second-order valence-corrected chi connectivity index (χ2v) is 6.06. The lowest BCUT2D eigenvalue weighted by atomic mass is 10.0. The molecule has 1 saturated heterocycles. The molecule has 1 aliphatic rings. The van der Waals surface area contributed by atoms with Crippen molar-refractivity contribution in [3.63, 3.8) is 0 Å². The normalized spacial score (nSPS) is 21.6. The molecule has 1 aromatic rings. The molecule has 2 nitrogen and oxygen atoms in total. The Morgan fingerprint density at radius 2 is 2.05 bits per heavy atom. The zero-order chi connectivity index (χ0) is 14.7. The van der Waals surface area contributed by atoms with Gasteiger partial charge in [-0.25, -0.2) is 4.39 Å². The summed E-state index contributed by atoms with van der Waals surface area (Å²) in [5, 5.41) is 3.24. The SMILES string of the molecule is CNC(C)c1cc(F)c(C)cc1N1CCCCCC1C. The van der Waals surface area contributed by atoms with Gasteiger partial charge in [-0.2, -0.15) is 0 Å². The first-order valence-corrected chi connectivity index (χ1v) is 7.78. The lowest BCUT2D eigenvalue weighted by molar-refractivity contribution is 0.585. The lowest BCUT2D eigenvalue weighted by Gasteiger charge is -2.33. The minimum atomic E-state index is -0.103. The molecule has 3 heteroatoms. The molecule has 0 aromatic heterocycles. The Kier molecular flexibility index (Phi) is 5.03. The molecule has 1 N–H and O–H groups in total. The second kappa shape index (κ2) is 6.57. The number of benzene rings is 1. The third kappa shape index (κ3) is 3.14. The molecule has 1 aromatic carbocycles. The van der Waals surface area contributed by atoms with Crippen molar-refractivity contribution in [1.29, 1.82) is 0 Å². The fraction of sp³-hybridized carbons (Fsp3) is 0.647. The Morgan fingerprint density at radius 3 is 2.75 bits per heavy atom. The van der Waals surface area contributed by atoms with Gasteiger partial charge in [0.1, 0.15) is 5.82 Å². The summed E-state index contributed by atoms with van der Waals surface area (Å²) in [5.41, 5.74) is 3.02. The smallest absolute Gasteiger partial charge is 0.126 e. The van der Waals surface area contributed by atoms with Crippen molar-refractivity contribution in [2.24, 2.45) is 0 Å². The lowest BCUT2D eigenvalue weighted by Crippen LogP contribution is -2.34. The Balaban J connectivity index is 2.44. The first-order valence-electron chi connectivity index (χ1n) is 7.78. The number of halogens is 1. The molecule has 0 aliphatic carbocycles. The van der Waals surface area contributed by atoms with Crippen LogP contribution in [0.25, 0.3) is 0 Å². The van der Waals surface area contributed by atoms with Crippen LogP contribution in [0.5, 0.6) is 0 Å². The number of anilines is 1. The van der Waals surface area contributed by atoms with Gasteiger partial charge in [-0.3, -0.25) is 0 Å². The number of nitrogens with zero attached hydrogens (tertiary/aromatic N) is 1. The summed E-state index contributed by atoms with van der Waals surface area (Å²) in [6, 6.07) is 4.43. The maximum absolute atomic E-state index is 14.0. The Labute approximate surface area is 122 Å². The Bertz CT molecular complexity index is 459. The number of aryl methyl sites for hydroxylation is 1. The maximum atomic E-state index is 14.0. The van der Waals surface area contributed by atoms with Crippen LogP contribution in [-0.4, -0.2) is 19.6 Å².